The van der Waals surface area contributed by atoms with E-state index in [2.05, 4.69) is 6.58 Å². The van der Waals surface area contributed by atoms with E-state index in [1.165, 1.54) is 4.31 Å². The molecule has 1 amide bonds. The van der Waals surface area contributed by atoms with Gasteiger partial charge in [0.05, 0.1) is 4.90 Å². The van der Waals surface area contributed by atoms with Crippen molar-refractivity contribution < 1.29 is 17.9 Å². The zero-order valence-electron chi connectivity index (χ0n) is 15.9. The Labute approximate surface area is 166 Å². The summed E-state index contributed by atoms with van der Waals surface area (Å²) < 4.78 is 32.6. The van der Waals surface area contributed by atoms with Gasteiger partial charge in [-0.05, 0) is 48.4 Å². The highest BCUT2D eigenvalue weighted by Gasteiger charge is 2.24. The van der Waals surface area contributed by atoms with E-state index < -0.39 is 10.0 Å². The van der Waals surface area contributed by atoms with E-state index in [4.69, 9.17) is 4.74 Å². The molecule has 148 valence electrons. The number of sulfonamides is 1. The van der Waals surface area contributed by atoms with Gasteiger partial charge >= 0.3 is 0 Å². The Balaban J connectivity index is 1.73. The van der Waals surface area contributed by atoms with Crippen molar-refractivity contribution in [3.05, 3.63) is 66.7 Å². The number of carbonyl (C=O) groups excluding carboxylic acids is 1. The molecule has 2 aromatic carbocycles. The van der Waals surface area contributed by atoms with Gasteiger partial charge in [0, 0.05) is 32.2 Å². The van der Waals surface area contributed by atoms with E-state index >= 15 is 0 Å². The SMILES string of the molecule is C=CCOc1cccc(CN(C)S(=O)(=O)c2ccc(N3CCCC3=O)cc2)c1. The Morgan fingerprint density at radius 2 is 1.96 bits per heavy atom. The molecule has 0 bridgehead atoms. The van der Waals surface area contributed by atoms with E-state index in [0.29, 0.717) is 25.3 Å². The van der Waals surface area contributed by atoms with E-state index in [1.54, 1.807) is 42.3 Å². The fraction of sp³-hybridized carbons (Fsp3) is 0.286. The summed E-state index contributed by atoms with van der Waals surface area (Å²) >= 11 is 0. The van der Waals surface area contributed by atoms with Crippen molar-refractivity contribution in [1.82, 2.24) is 4.31 Å². The second-order valence-electron chi connectivity index (χ2n) is 6.65. The summed E-state index contributed by atoms with van der Waals surface area (Å²) in [5, 5.41) is 0. The number of hydrogen-bond acceptors (Lipinski definition) is 4. The zero-order valence-corrected chi connectivity index (χ0v) is 16.7. The predicted octanol–water partition coefficient (Wildman–Crippen LogP) is 3.20. The third kappa shape index (κ3) is 4.43. The fourth-order valence-corrected chi connectivity index (χ4v) is 4.29. The molecular weight excluding hydrogens is 376 g/mol. The molecule has 0 radical (unpaired) electrons. The van der Waals surface area contributed by atoms with Crippen LogP contribution in [0.3, 0.4) is 0 Å². The number of hydrogen-bond donors (Lipinski definition) is 0. The maximum Gasteiger partial charge on any atom is 0.243 e. The summed E-state index contributed by atoms with van der Waals surface area (Å²) in [6.45, 7) is 4.90. The number of rotatable bonds is 8. The molecule has 0 saturated carbocycles. The third-order valence-electron chi connectivity index (χ3n) is 4.60. The summed E-state index contributed by atoms with van der Waals surface area (Å²) in [5.74, 6) is 0.745. The van der Waals surface area contributed by atoms with Crippen LogP contribution < -0.4 is 9.64 Å². The van der Waals surface area contributed by atoms with E-state index in [0.717, 1.165) is 17.7 Å². The van der Waals surface area contributed by atoms with E-state index in [9.17, 15) is 13.2 Å². The first-order chi connectivity index (χ1) is 13.4. The van der Waals surface area contributed by atoms with Crippen LogP contribution in [0.1, 0.15) is 18.4 Å². The molecule has 1 fully saturated rings. The highest BCUT2D eigenvalue weighted by atomic mass is 32.2. The summed E-state index contributed by atoms with van der Waals surface area (Å²) in [4.78, 5) is 13.7. The Hall–Kier alpha value is -2.64. The van der Waals surface area contributed by atoms with Crippen molar-refractivity contribution >= 4 is 21.6 Å². The van der Waals surface area contributed by atoms with Crippen molar-refractivity contribution in [3.8, 4) is 5.75 Å². The molecule has 3 rings (SSSR count). The first kappa shape index (κ1) is 20.1. The molecule has 1 heterocycles. The maximum atomic E-state index is 12.9. The van der Waals surface area contributed by atoms with E-state index in [1.807, 2.05) is 24.3 Å². The normalized spacial score (nSPS) is 14.5. The molecule has 1 aliphatic heterocycles. The second-order valence-corrected chi connectivity index (χ2v) is 8.70. The number of carbonyl (C=O) groups is 1. The maximum absolute atomic E-state index is 12.9. The molecule has 0 unspecified atom stereocenters. The van der Waals surface area contributed by atoms with Crippen LogP contribution in [0.25, 0.3) is 0 Å². The van der Waals surface area contributed by atoms with Gasteiger partial charge in [0.25, 0.3) is 0 Å². The van der Waals surface area contributed by atoms with Gasteiger partial charge in [-0.25, -0.2) is 8.42 Å². The van der Waals surface area contributed by atoms with Crippen LogP contribution in [0.15, 0.2) is 66.1 Å². The predicted molar refractivity (Wildman–Crippen MR) is 109 cm³/mol. The minimum Gasteiger partial charge on any atom is -0.490 e. The van der Waals surface area contributed by atoms with Crippen LogP contribution in [-0.4, -0.2) is 38.8 Å². The molecule has 28 heavy (non-hydrogen) atoms. The Morgan fingerprint density at radius 1 is 1.21 bits per heavy atom. The largest absolute Gasteiger partial charge is 0.490 e. The monoisotopic (exact) mass is 400 g/mol. The van der Waals surface area contributed by atoms with Gasteiger partial charge < -0.3 is 9.64 Å². The van der Waals surface area contributed by atoms with E-state index in [-0.39, 0.29) is 17.3 Å². The van der Waals surface area contributed by atoms with Crippen molar-refractivity contribution in [2.45, 2.75) is 24.3 Å². The third-order valence-corrected chi connectivity index (χ3v) is 6.42. The highest BCUT2D eigenvalue weighted by Crippen LogP contribution is 2.25. The average molecular weight is 401 g/mol. The van der Waals surface area contributed by atoms with Gasteiger partial charge in [-0.1, -0.05) is 24.8 Å². The molecule has 1 aliphatic rings. The van der Waals surface area contributed by atoms with Gasteiger partial charge in [-0.2, -0.15) is 4.31 Å². The lowest BCUT2D eigenvalue weighted by molar-refractivity contribution is -0.117. The van der Waals surface area contributed by atoms with Crippen LogP contribution >= 0.6 is 0 Å². The van der Waals surface area contributed by atoms with Gasteiger partial charge in [0.15, 0.2) is 0 Å². The second kappa shape index (κ2) is 8.58. The topological polar surface area (TPSA) is 66.9 Å². The summed E-state index contributed by atoms with van der Waals surface area (Å²) in [6.07, 6.45) is 3.03. The number of amides is 1. The van der Waals surface area contributed by atoms with Crippen LogP contribution in [0.4, 0.5) is 5.69 Å². The van der Waals surface area contributed by atoms with Crippen molar-refractivity contribution in [1.29, 1.82) is 0 Å². The Kier molecular flexibility index (Phi) is 6.16. The molecular formula is C21H24N2O4S. The van der Waals surface area contributed by atoms with Gasteiger partial charge in [-0.15, -0.1) is 0 Å². The first-order valence-electron chi connectivity index (χ1n) is 9.11. The smallest absolute Gasteiger partial charge is 0.243 e. The standard InChI is InChI=1S/C21H24N2O4S/c1-3-14-27-19-7-4-6-17(15-19)16-22(2)28(25,26)20-11-9-18(10-12-20)23-13-5-8-21(23)24/h3-4,6-7,9-12,15H,1,5,8,13-14,16H2,2H3. The molecule has 0 aliphatic carbocycles. The fourth-order valence-electron chi connectivity index (χ4n) is 3.13. The zero-order chi connectivity index (χ0) is 20.1. The molecule has 7 heteroatoms. The highest BCUT2D eigenvalue weighted by molar-refractivity contribution is 7.89. The lowest BCUT2D eigenvalue weighted by Crippen LogP contribution is -2.27. The van der Waals surface area contributed by atoms with Gasteiger partial charge in [-0.3, -0.25) is 4.79 Å². The van der Waals surface area contributed by atoms with Crippen LogP contribution in [-0.2, 0) is 21.4 Å². The minimum atomic E-state index is -3.65. The molecule has 0 spiro atoms. The lowest BCUT2D eigenvalue weighted by Gasteiger charge is -2.19. The van der Waals surface area contributed by atoms with Gasteiger partial charge in [0.1, 0.15) is 12.4 Å². The summed E-state index contributed by atoms with van der Waals surface area (Å²) in [6, 6.07) is 13.8. The van der Waals surface area contributed by atoms with Crippen molar-refractivity contribution in [3.63, 3.8) is 0 Å². The van der Waals surface area contributed by atoms with Crippen LogP contribution in [0.2, 0.25) is 0 Å². The molecule has 0 atom stereocenters. The number of nitrogens with zero attached hydrogens (tertiary/aromatic N) is 2. The number of ether oxygens (including phenoxy) is 1. The van der Waals surface area contributed by atoms with Crippen molar-refractivity contribution in [2.75, 3.05) is 25.1 Å². The number of anilines is 1. The summed E-state index contributed by atoms with van der Waals surface area (Å²) in [5.41, 5.74) is 1.56. The first-order valence-corrected chi connectivity index (χ1v) is 10.6. The van der Waals surface area contributed by atoms with Gasteiger partial charge in [0.2, 0.25) is 15.9 Å². The molecule has 0 N–H and O–H groups in total. The summed E-state index contributed by atoms with van der Waals surface area (Å²) in [7, 11) is -2.10. The molecule has 2 aromatic rings. The Morgan fingerprint density at radius 3 is 2.61 bits per heavy atom. The average Bonchev–Trinajstić information content (AvgIpc) is 3.12. The molecule has 0 aromatic heterocycles. The van der Waals surface area contributed by atoms with Crippen molar-refractivity contribution in [2.24, 2.45) is 0 Å². The molecule has 6 nitrogen and oxygen atoms in total. The quantitative estimate of drug-likeness (QED) is 0.638. The van der Waals surface area contributed by atoms with Crippen LogP contribution in [0, 0.1) is 0 Å². The lowest BCUT2D eigenvalue weighted by atomic mass is 10.2. The minimum absolute atomic E-state index is 0.0753. The molecule has 1 saturated heterocycles. The Bertz CT molecular complexity index is 955. The van der Waals surface area contributed by atoms with Crippen LogP contribution in [0.5, 0.6) is 5.75 Å². The number of benzene rings is 2.